The summed E-state index contributed by atoms with van der Waals surface area (Å²) in [6.45, 7) is 0. The minimum atomic E-state index is 0.197. The van der Waals surface area contributed by atoms with Crippen LogP contribution in [0.1, 0.15) is 0 Å². The molecule has 0 radical (unpaired) electrons. The van der Waals surface area contributed by atoms with E-state index in [0.717, 1.165) is 0 Å². The third-order valence-electron chi connectivity index (χ3n) is 1.30. The molecule has 0 heterocycles. The van der Waals surface area contributed by atoms with E-state index in [2.05, 4.69) is 27.8 Å². The van der Waals surface area contributed by atoms with E-state index < -0.39 is 0 Å². The summed E-state index contributed by atoms with van der Waals surface area (Å²) in [7, 11) is 0. The van der Waals surface area contributed by atoms with Crippen LogP contribution in [0, 0.1) is 12.1 Å². The third kappa shape index (κ3) is 8.87. The average Bonchev–Trinajstić information content (AvgIpc) is 2.36. The Kier molecular flexibility index (Phi) is 9.60. The van der Waals surface area contributed by atoms with Crippen LogP contribution >= 0.6 is 0 Å². The second-order valence-corrected chi connectivity index (χ2v) is 2.33. The Morgan fingerprint density at radius 2 is 1.53 bits per heavy atom. The maximum Gasteiger partial charge on any atom is -0.171 e. The van der Waals surface area contributed by atoms with Crippen molar-refractivity contribution >= 4 is 0 Å². The summed E-state index contributed by atoms with van der Waals surface area (Å²) >= 11 is 2.31. The second-order valence-electron chi connectivity index (χ2n) is 2.33. The fraction of sp³-hybridized carbons (Fsp3) is 0. The van der Waals surface area contributed by atoms with Gasteiger partial charge in [-0.15, -0.1) is 12.1 Å². The molecule has 2 aromatic rings. The fourth-order valence-electron chi connectivity index (χ4n) is 0.726. The van der Waals surface area contributed by atoms with E-state index in [4.69, 9.17) is 8.97 Å². The summed E-state index contributed by atoms with van der Waals surface area (Å²) < 4.78 is 7.94. The zero-order valence-corrected chi connectivity index (χ0v) is 8.93. The molecule has 0 aliphatic carbocycles. The molecule has 0 fully saturated rings. The van der Waals surface area contributed by atoms with Crippen molar-refractivity contribution in [2.45, 2.75) is 0 Å². The molecule has 0 aromatic heterocycles. The molecule has 2 rings (SSSR count). The Labute approximate surface area is 97.4 Å². The van der Waals surface area contributed by atoms with Gasteiger partial charge in [-0.3, -0.25) is 0 Å². The normalized spacial score (nSPS) is 7.53. The molecular formula is C12H10CoO2-2. The number of phenolic OH excluding ortho intramolecular Hbond substituents is 1. The number of rotatable bonds is 0. The van der Waals surface area contributed by atoms with Crippen molar-refractivity contribution < 1.29 is 24.6 Å². The Bertz CT molecular complexity index is 297. The summed E-state index contributed by atoms with van der Waals surface area (Å²) in [5.74, 6) is 0.197. The SMILES string of the molecule is Oc1[c-]cccc1.[O]=[Co].[c-]1ccccc1. The number of para-hydroxylation sites is 1. The first-order valence-electron chi connectivity index (χ1n) is 4.10. The molecule has 0 aliphatic heterocycles. The van der Waals surface area contributed by atoms with Crippen molar-refractivity contribution in [1.29, 1.82) is 0 Å². The van der Waals surface area contributed by atoms with Crippen molar-refractivity contribution in [3.63, 3.8) is 0 Å². The van der Waals surface area contributed by atoms with Crippen LogP contribution < -0.4 is 0 Å². The van der Waals surface area contributed by atoms with E-state index >= 15 is 0 Å². The van der Waals surface area contributed by atoms with E-state index in [0.29, 0.717) is 0 Å². The van der Waals surface area contributed by atoms with Crippen LogP contribution in [0.15, 0.2) is 54.6 Å². The van der Waals surface area contributed by atoms with Gasteiger partial charge < -0.3 is 5.11 Å². The molecule has 3 heteroatoms. The molecule has 0 saturated carbocycles. The standard InChI is InChI=1S/C6H5O.C6H5.Co.O/c7-6-4-2-1-3-5-6;1-2-4-6-5-3-1;;/h1-4,7H;1-5H;;/q2*-1;;. The number of aromatic hydroxyl groups is 1. The zero-order chi connectivity index (χ0) is 11.4. The molecule has 0 bridgehead atoms. The van der Waals surface area contributed by atoms with Crippen molar-refractivity contribution in [3.8, 4) is 5.75 Å². The maximum absolute atomic E-state index is 8.58. The van der Waals surface area contributed by atoms with Crippen LogP contribution in [0.3, 0.4) is 0 Å². The van der Waals surface area contributed by atoms with E-state index in [1.54, 1.807) is 24.3 Å². The summed E-state index contributed by atoms with van der Waals surface area (Å²) in [6, 6.07) is 21.9. The van der Waals surface area contributed by atoms with Crippen molar-refractivity contribution in [3.05, 3.63) is 66.7 Å². The van der Waals surface area contributed by atoms with Gasteiger partial charge in [0.25, 0.3) is 0 Å². The summed E-state index contributed by atoms with van der Waals surface area (Å²) in [6.07, 6.45) is 0. The molecular weight excluding hydrogens is 235 g/mol. The number of phenols is 1. The predicted molar refractivity (Wildman–Crippen MR) is 52.9 cm³/mol. The van der Waals surface area contributed by atoms with Crippen molar-refractivity contribution in [1.82, 2.24) is 0 Å². The summed E-state index contributed by atoms with van der Waals surface area (Å²) in [5, 5.41) is 8.58. The van der Waals surface area contributed by atoms with Crippen LogP contribution in [-0.4, -0.2) is 5.11 Å². The van der Waals surface area contributed by atoms with Crippen LogP contribution in [0.25, 0.3) is 0 Å². The molecule has 1 N–H and O–H groups in total. The summed E-state index contributed by atoms with van der Waals surface area (Å²) in [4.78, 5) is 0. The van der Waals surface area contributed by atoms with E-state index in [9.17, 15) is 0 Å². The van der Waals surface area contributed by atoms with Gasteiger partial charge in [0.15, 0.2) is 0 Å². The van der Waals surface area contributed by atoms with Crippen molar-refractivity contribution in [2.75, 3.05) is 0 Å². The molecule has 2 aromatic carbocycles. The third-order valence-corrected chi connectivity index (χ3v) is 1.30. The molecule has 2 nitrogen and oxygen atoms in total. The molecule has 15 heavy (non-hydrogen) atoms. The Morgan fingerprint density at radius 1 is 0.933 bits per heavy atom. The van der Waals surface area contributed by atoms with Gasteiger partial charge in [-0.2, -0.15) is 54.6 Å². The molecule has 81 valence electrons. The van der Waals surface area contributed by atoms with Crippen LogP contribution in [0.5, 0.6) is 5.75 Å². The van der Waals surface area contributed by atoms with Crippen LogP contribution in [0.4, 0.5) is 0 Å². The monoisotopic (exact) mass is 245 g/mol. The minimum Gasteiger partial charge on any atom is -0.184 e. The van der Waals surface area contributed by atoms with Gasteiger partial charge in [0, 0.05) is 5.75 Å². The molecule has 0 atom stereocenters. The largest absolute Gasteiger partial charge is 0.184 e. The van der Waals surface area contributed by atoms with Crippen LogP contribution in [0.2, 0.25) is 0 Å². The number of hydrogen-bond donors (Lipinski definition) is 1. The predicted octanol–water partition coefficient (Wildman–Crippen LogP) is 2.56. The van der Waals surface area contributed by atoms with E-state index in [1.807, 2.05) is 30.3 Å². The Balaban J connectivity index is 0.000000227. The topological polar surface area (TPSA) is 37.3 Å². The molecule has 0 amide bonds. The molecule has 0 unspecified atom stereocenters. The quantitative estimate of drug-likeness (QED) is 0.724. The molecule has 0 aliphatic rings. The van der Waals surface area contributed by atoms with Gasteiger partial charge in [0.05, 0.1) is 0 Å². The second kappa shape index (κ2) is 10.6. The molecule has 0 spiro atoms. The van der Waals surface area contributed by atoms with Gasteiger partial charge in [-0.05, 0) is 0 Å². The van der Waals surface area contributed by atoms with Gasteiger partial charge in [0.2, 0.25) is 0 Å². The zero-order valence-electron chi connectivity index (χ0n) is 7.88. The molecule has 0 saturated heterocycles. The van der Waals surface area contributed by atoms with Gasteiger partial charge in [-0.25, -0.2) is 0 Å². The minimum absolute atomic E-state index is 0.197. The smallest absolute Gasteiger partial charge is 0.171 e. The number of benzene rings is 2. The first kappa shape index (κ1) is 13.5. The fourth-order valence-corrected chi connectivity index (χ4v) is 0.726. The maximum atomic E-state index is 8.58. The van der Waals surface area contributed by atoms with E-state index in [-0.39, 0.29) is 5.75 Å². The average molecular weight is 245 g/mol. The number of hydrogen-bond acceptors (Lipinski definition) is 2. The van der Waals surface area contributed by atoms with Crippen molar-refractivity contribution in [2.24, 2.45) is 0 Å². The van der Waals surface area contributed by atoms with E-state index in [1.165, 1.54) is 0 Å². The first-order valence-corrected chi connectivity index (χ1v) is 4.52. The van der Waals surface area contributed by atoms with Gasteiger partial charge >= 0.3 is 19.5 Å². The summed E-state index contributed by atoms with van der Waals surface area (Å²) in [5.41, 5.74) is 0. The Hall–Kier alpha value is -1.45. The van der Waals surface area contributed by atoms with Gasteiger partial charge in [-0.1, -0.05) is 0 Å². The Morgan fingerprint density at radius 3 is 1.73 bits per heavy atom. The first-order chi connectivity index (χ1) is 7.39. The van der Waals surface area contributed by atoms with Crippen LogP contribution in [-0.2, 0) is 19.5 Å². The van der Waals surface area contributed by atoms with Gasteiger partial charge in [0.1, 0.15) is 0 Å².